The van der Waals surface area contributed by atoms with E-state index >= 15 is 0 Å². The molecule has 0 saturated heterocycles. The first-order chi connectivity index (χ1) is 9.05. The summed E-state index contributed by atoms with van der Waals surface area (Å²) in [6, 6.07) is 13.9. The molecule has 0 nitrogen and oxygen atoms in total. The summed E-state index contributed by atoms with van der Waals surface area (Å²) in [7, 11) is 0. The topological polar surface area (TPSA) is 0 Å². The molecule has 0 saturated carbocycles. The van der Waals surface area contributed by atoms with Crippen LogP contribution in [0.4, 0.5) is 13.2 Å². The van der Waals surface area contributed by atoms with Gasteiger partial charge in [0.05, 0.1) is 5.56 Å². The third kappa shape index (κ3) is 2.24. The second kappa shape index (κ2) is 4.38. The van der Waals surface area contributed by atoms with Gasteiger partial charge in [-0.3, -0.25) is 0 Å². The van der Waals surface area contributed by atoms with Gasteiger partial charge in [-0.15, -0.1) is 11.3 Å². The minimum Gasteiger partial charge on any atom is -0.166 e. The van der Waals surface area contributed by atoms with E-state index in [1.54, 1.807) is 0 Å². The van der Waals surface area contributed by atoms with Crippen LogP contribution in [0.25, 0.3) is 21.2 Å². The number of rotatable bonds is 1. The quantitative estimate of drug-likeness (QED) is 0.559. The van der Waals surface area contributed by atoms with E-state index in [4.69, 9.17) is 0 Å². The Labute approximate surface area is 112 Å². The van der Waals surface area contributed by atoms with Crippen LogP contribution in [-0.4, -0.2) is 0 Å². The highest BCUT2D eigenvalue weighted by atomic mass is 32.1. The van der Waals surface area contributed by atoms with Gasteiger partial charge in [-0.1, -0.05) is 24.3 Å². The molecular weight excluding hydrogens is 269 g/mol. The maximum atomic E-state index is 12.5. The zero-order chi connectivity index (χ0) is 13.5. The number of benzene rings is 2. The molecule has 0 fully saturated rings. The predicted molar refractivity (Wildman–Crippen MR) is 71.1 cm³/mol. The second-order valence-electron chi connectivity index (χ2n) is 4.15. The lowest BCUT2D eigenvalue weighted by Gasteiger charge is -2.07. The second-order valence-corrected chi connectivity index (χ2v) is 5.03. The molecule has 3 rings (SSSR count). The van der Waals surface area contributed by atoms with Crippen molar-refractivity contribution in [1.29, 1.82) is 0 Å². The van der Waals surface area contributed by atoms with Crippen molar-refractivity contribution >= 4 is 22.1 Å². The van der Waals surface area contributed by atoms with Crippen molar-refractivity contribution in [2.24, 2.45) is 0 Å². The molecule has 1 aromatic heterocycles. The van der Waals surface area contributed by atoms with Crippen molar-refractivity contribution in [3.63, 3.8) is 0 Å². The molecule has 4 heteroatoms. The number of fused-ring (bicyclic) bond motifs is 1. The highest BCUT2D eigenvalue weighted by Crippen LogP contribution is 2.36. The van der Waals surface area contributed by atoms with Gasteiger partial charge < -0.3 is 0 Å². The molecule has 1 radical (unpaired) electrons. The largest absolute Gasteiger partial charge is 0.416 e. The van der Waals surface area contributed by atoms with Crippen molar-refractivity contribution in [2.75, 3.05) is 0 Å². The fourth-order valence-electron chi connectivity index (χ4n) is 1.96. The van der Waals surface area contributed by atoms with E-state index < -0.39 is 11.7 Å². The van der Waals surface area contributed by atoms with Crippen LogP contribution in [0, 0.1) is 6.07 Å². The van der Waals surface area contributed by atoms with E-state index in [-0.39, 0.29) is 0 Å². The number of alkyl halides is 3. The van der Waals surface area contributed by atoms with Crippen molar-refractivity contribution in [1.82, 2.24) is 0 Å². The monoisotopic (exact) mass is 277 g/mol. The van der Waals surface area contributed by atoms with Gasteiger partial charge in [0.2, 0.25) is 0 Å². The predicted octanol–water partition coefficient (Wildman–Crippen LogP) is 5.39. The van der Waals surface area contributed by atoms with Crippen LogP contribution in [0.15, 0.2) is 47.8 Å². The zero-order valence-electron chi connectivity index (χ0n) is 9.66. The molecule has 2 aromatic carbocycles. The first-order valence-electron chi connectivity index (χ1n) is 5.60. The molecule has 95 valence electrons. The van der Waals surface area contributed by atoms with E-state index in [1.165, 1.54) is 23.5 Å². The molecular formula is C15H8F3S. The lowest BCUT2D eigenvalue weighted by molar-refractivity contribution is -0.137. The first kappa shape index (κ1) is 12.2. The van der Waals surface area contributed by atoms with E-state index in [0.717, 1.165) is 33.3 Å². The molecule has 0 N–H and O–H groups in total. The van der Waals surface area contributed by atoms with E-state index in [9.17, 15) is 13.2 Å². The normalized spacial score (nSPS) is 11.9. The van der Waals surface area contributed by atoms with Crippen molar-refractivity contribution in [3.05, 3.63) is 59.5 Å². The Bertz CT molecular complexity index is 708. The van der Waals surface area contributed by atoms with E-state index in [1.807, 2.05) is 23.6 Å². The highest BCUT2D eigenvalue weighted by Gasteiger charge is 2.30. The Morgan fingerprint density at radius 1 is 1.00 bits per heavy atom. The molecule has 3 aromatic rings. The summed E-state index contributed by atoms with van der Waals surface area (Å²) < 4.78 is 37.5. The van der Waals surface area contributed by atoms with Crippen LogP contribution in [0.1, 0.15) is 5.56 Å². The molecule has 0 unspecified atom stereocenters. The third-order valence-electron chi connectivity index (χ3n) is 2.92. The summed E-state index contributed by atoms with van der Waals surface area (Å²) in [6.07, 6.45) is -4.29. The summed E-state index contributed by atoms with van der Waals surface area (Å²) in [6.45, 7) is 0. The average Bonchev–Trinajstić information content (AvgIpc) is 2.82. The van der Waals surface area contributed by atoms with Crippen LogP contribution in [0.2, 0.25) is 0 Å². The van der Waals surface area contributed by atoms with Gasteiger partial charge in [0, 0.05) is 10.3 Å². The summed E-state index contributed by atoms with van der Waals surface area (Å²) in [5.41, 5.74) is 0.177. The summed E-state index contributed by atoms with van der Waals surface area (Å²) in [4.78, 5) is 0.973. The molecule has 0 aliphatic rings. The maximum Gasteiger partial charge on any atom is 0.416 e. The van der Waals surface area contributed by atoms with Crippen LogP contribution in [-0.2, 0) is 6.18 Å². The Balaban J connectivity index is 2.07. The van der Waals surface area contributed by atoms with E-state index in [0.29, 0.717) is 0 Å². The molecule has 0 spiro atoms. The van der Waals surface area contributed by atoms with E-state index in [2.05, 4.69) is 6.07 Å². The Morgan fingerprint density at radius 2 is 1.74 bits per heavy atom. The smallest absolute Gasteiger partial charge is 0.166 e. The zero-order valence-corrected chi connectivity index (χ0v) is 10.5. The molecule has 0 aliphatic carbocycles. The maximum absolute atomic E-state index is 12.5. The van der Waals surface area contributed by atoms with Gasteiger partial charge in [0.1, 0.15) is 0 Å². The van der Waals surface area contributed by atoms with Crippen LogP contribution in [0.3, 0.4) is 0 Å². The summed E-state index contributed by atoms with van der Waals surface area (Å²) in [5.74, 6) is 0. The van der Waals surface area contributed by atoms with Gasteiger partial charge in [-0.25, -0.2) is 0 Å². The standard InChI is InChI=1S/C15H8F3S/c16-15(17,18)12-7-5-10(6-8-12)14-13-4-2-1-3-11(13)9-19-14/h1,3-9H. The Hall–Kier alpha value is -1.81. The Kier molecular flexibility index (Phi) is 2.82. The number of halogens is 3. The lowest BCUT2D eigenvalue weighted by Crippen LogP contribution is -2.03. The molecule has 0 atom stereocenters. The third-order valence-corrected chi connectivity index (χ3v) is 3.98. The fourth-order valence-corrected chi connectivity index (χ4v) is 2.99. The fraction of sp³-hybridized carbons (Fsp3) is 0.0667. The van der Waals surface area contributed by atoms with Gasteiger partial charge in [-0.05, 0) is 40.6 Å². The average molecular weight is 277 g/mol. The van der Waals surface area contributed by atoms with Gasteiger partial charge in [0.25, 0.3) is 0 Å². The molecule has 0 bridgehead atoms. The number of hydrogen-bond donors (Lipinski definition) is 0. The van der Waals surface area contributed by atoms with Crippen LogP contribution in [0.5, 0.6) is 0 Å². The SMILES string of the molecule is FC(F)(F)c1ccc(-c2scc3cc[c]cc23)cc1. The molecule has 19 heavy (non-hydrogen) atoms. The summed E-state index contributed by atoms with van der Waals surface area (Å²) in [5, 5.41) is 4.10. The van der Waals surface area contributed by atoms with Crippen LogP contribution < -0.4 is 0 Å². The van der Waals surface area contributed by atoms with Crippen molar-refractivity contribution < 1.29 is 13.2 Å². The van der Waals surface area contributed by atoms with Gasteiger partial charge in [-0.2, -0.15) is 13.2 Å². The number of hydrogen-bond acceptors (Lipinski definition) is 1. The summed E-state index contributed by atoms with van der Waals surface area (Å²) >= 11 is 1.53. The molecule has 0 aliphatic heterocycles. The van der Waals surface area contributed by atoms with Crippen LogP contribution >= 0.6 is 11.3 Å². The van der Waals surface area contributed by atoms with Crippen molar-refractivity contribution in [2.45, 2.75) is 6.18 Å². The molecule has 0 amide bonds. The lowest BCUT2D eigenvalue weighted by atomic mass is 10.1. The Morgan fingerprint density at radius 3 is 2.42 bits per heavy atom. The van der Waals surface area contributed by atoms with Gasteiger partial charge in [0.15, 0.2) is 0 Å². The molecule has 1 heterocycles. The first-order valence-corrected chi connectivity index (χ1v) is 6.48. The highest BCUT2D eigenvalue weighted by molar-refractivity contribution is 7.15. The van der Waals surface area contributed by atoms with Gasteiger partial charge >= 0.3 is 6.18 Å². The van der Waals surface area contributed by atoms with Crippen molar-refractivity contribution in [3.8, 4) is 10.4 Å². The minimum absolute atomic E-state index is 0.622. The number of thiophene rings is 1. The minimum atomic E-state index is -4.29.